The van der Waals surface area contributed by atoms with E-state index in [2.05, 4.69) is 4.98 Å². The second-order valence-electron chi connectivity index (χ2n) is 5.74. The number of carbonyl (C=O) groups is 2. The van der Waals surface area contributed by atoms with Gasteiger partial charge in [0.05, 0.1) is 5.56 Å². The van der Waals surface area contributed by atoms with Crippen LogP contribution in [0.4, 0.5) is 0 Å². The monoisotopic (exact) mass is 384 g/mol. The molecule has 3 rings (SSSR count). The lowest BCUT2D eigenvalue weighted by atomic mass is 10.2. The second kappa shape index (κ2) is 7.99. The number of hydrogen-bond donors (Lipinski definition) is 1. The van der Waals surface area contributed by atoms with Gasteiger partial charge >= 0.3 is 0 Å². The van der Waals surface area contributed by atoms with Crippen LogP contribution in [0.2, 0.25) is 0 Å². The Labute approximate surface area is 156 Å². The topological polar surface area (TPSA) is 92.7 Å². The minimum atomic E-state index is -0.103. The third kappa shape index (κ3) is 4.02. The number of aromatic nitrogens is 1. The molecule has 9 heteroatoms. The van der Waals surface area contributed by atoms with Crippen LogP contribution >= 0.6 is 23.7 Å². The van der Waals surface area contributed by atoms with Gasteiger partial charge in [-0.3, -0.25) is 9.59 Å². The summed E-state index contributed by atoms with van der Waals surface area (Å²) >= 11 is 1.39. The Morgan fingerprint density at radius 2 is 1.80 bits per heavy atom. The third-order valence-corrected chi connectivity index (χ3v) is 4.94. The number of piperazine rings is 1. The summed E-state index contributed by atoms with van der Waals surface area (Å²) in [6, 6.07) is 1.76. The van der Waals surface area contributed by atoms with Crippen LogP contribution < -0.4 is 5.73 Å². The number of thiazole rings is 1. The summed E-state index contributed by atoms with van der Waals surface area (Å²) in [5.74, 6) is 1.21. The molecular formula is C16H21ClN4O3S. The predicted molar refractivity (Wildman–Crippen MR) is 97.2 cm³/mol. The first-order valence-corrected chi connectivity index (χ1v) is 8.67. The van der Waals surface area contributed by atoms with Crippen LogP contribution in [-0.4, -0.2) is 52.8 Å². The van der Waals surface area contributed by atoms with Gasteiger partial charge in [-0.05, 0) is 19.9 Å². The molecule has 0 atom stereocenters. The number of furan rings is 1. The number of carbonyl (C=O) groups excluding carboxylic acids is 2. The maximum Gasteiger partial charge on any atom is 0.273 e. The van der Waals surface area contributed by atoms with Gasteiger partial charge in [-0.15, -0.1) is 23.7 Å². The maximum absolute atomic E-state index is 12.6. The number of aryl methyl sites for hydroxylation is 2. The van der Waals surface area contributed by atoms with Crippen LogP contribution in [0.15, 0.2) is 15.9 Å². The predicted octanol–water partition coefficient (Wildman–Crippen LogP) is 1.83. The first-order valence-electron chi connectivity index (χ1n) is 7.79. The Morgan fingerprint density at radius 3 is 2.28 bits per heavy atom. The summed E-state index contributed by atoms with van der Waals surface area (Å²) in [6.45, 7) is 5.95. The van der Waals surface area contributed by atoms with E-state index in [1.165, 1.54) is 11.3 Å². The molecule has 136 valence electrons. The van der Waals surface area contributed by atoms with Crippen LogP contribution in [0.25, 0.3) is 0 Å². The van der Waals surface area contributed by atoms with Crippen LogP contribution in [0.5, 0.6) is 0 Å². The van der Waals surface area contributed by atoms with E-state index in [0.29, 0.717) is 49.7 Å². The van der Waals surface area contributed by atoms with E-state index >= 15 is 0 Å². The third-order valence-electron chi connectivity index (χ3n) is 4.07. The highest BCUT2D eigenvalue weighted by Gasteiger charge is 2.28. The Bertz CT molecular complexity index is 765. The van der Waals surface area contributed by atoms with E-state index in [-0.39, 0.29) is 24.2 Å². The fraction of sp³-hybridized carbons (Fsp3) is 0.438. The standard InChI is InChI=1S/C16H20N4O3S.ClH/c1-10-7-12(11(2)23-10)15(21)19-3-5-20(6-4-19)16(22)13-9-24-14(8-17)18-13;/h7,9H,3-6,8,17H2,1-2H3;1H. The number of nitrogens with zero attached hydrogens (tertiary/aromatic N) is 3. The lowest BCUT2D eigenvalue weighted by Crippen LogP contribution is -2.50. The van der Waals surface area contributed by atoms with Gasteiger partial charge in [0.2, 0.25) is 0 Å². The van der Waals surface area contributed by atoms with Crippen molar-refractivity contribution in [3.05, 3.63) is 39.2 Å². The van der Waals surface area contributed by atoms with Crippen LogP contribution in [0, 0.1) is 13.8 Å². The molecule has 0 spiro atoms. The van der Waals surface area contributed by atoms with E-state index < -0.39 is 0 Å². The average Bonchev–Trinajstić information content (AvgIpc) is 3.20. The molecule has 1 aliphatic rings. The van der Waals surface area contributed by atoms with Gasteiger partial charge in [-0.25, -0.2) is 4.98 Å². The van der Waals surface area contributed by atoms with Crippen LogP contribution in [-0.2, 0) is 6.54 Å². The highest BCUT2D eigenvalue weighted by molar-refractivity contribution is 7.09. The Balaban J connectivity index is 0.00000225. The molecule has 2 aromatic heterocycles. The molecule has 0 unspecified atom stereocenters. The van der Waals surface area contributed by atoms with E-state index in [0.717, 1.165) is 10.8 Å². The van der Waals surface area contributed by atoms with E-state index in [9.17, 15) is 9.59 Å². The van der Waals surface area contributed by atoms with Crippen molar-refractivity contribution in [3.8, 4) is 0 Å². The minimum absolute atomic E-state index is 0. The fourth-order valence-corrected chi connectivity index (χ4v) is 3.44. The van der Waals surface area contributed by atoms with Crippen molar-refractivity contribution < 1.29 is 14.0 Å². The highest BCUT2D eigenvalue weighted by Crippen LogP contribution is 2.18. The van der Waals surface area contributed by atoms with Gasteiger partial charge in [0.25, 0.3) is 11.8 Å². The molecule has 25 heavy (non-hydrogen) atoms. The summed E-state index contributed by atoms with van der Waals surface area (Å²) < 4.78 is 5.43. The van der Waals surface area contributed by atoms with Gasteiger partial charge in [-0.1, -0.05) is 0 Å². The zero-order valence-corrected chi connectivity index (χ0v) is 15.8. The molecule has 7 nitrogen and oxygen atoms in total. The summed E-state index contributed by atoms with van der Waals surface area (Å²) in [5.41, 5.74) is 6.56. The first kappa shape index (κ1) is 19.4. The first-order chi connectivity index (χ1) is 11.5. The minimum Gasteiger partial charge on any atom is -0.466 e. The van der Waals surface area contributed by atoms with Crippen molar-refractivity contribution in [2.75, 3.05) is 26.2 Å². The van der Waals surface area contributed by atoms with Crippen molar-refractivity contribution >= 4 is 35.6 Å². The van der Waals surface area contributed by atoms with Gasteiger partial charge in [0.15, 0.2) is 0 Å². The van der Waals surface area contributed by atoms with Crippen molar-refractivity contribution in [1.82, 2.24) is 14.8 Å². The van der Waals surface area contributed by atoms with Crippen molar-refractivity contribution in [2.24, 2.45) is 5.73 Å². The largest absolute Gasteiger partial charge is 0.466 e. The van der Waals surface area contributed by atoms with E-state index in [4.69, 9.17) is 10.2 Å². The summed E-state index contributed by atoms with van der Waals surface area (Å²) in [5, 5.41) is 2.48. The molecule has 3 heterocycles. The van der Waals surface area contributed by atoms with Crippen LogP contribution in [0.3, 0.4) is 0 Å². The summed E-state index contributed by atoms with van der Waals surface area (Å²) in [7, 11) is 0. The lowest BCUT2D eigenvalue weighted by molar-refractivity contribution is 0.0531. The second-order valence-corrected chi connectivity index (χ2v) is 6.68. The fourth-order valence-electron chi connectivity index (χ4n) is 2.79. The van der Waals surface area contributed by atoms with Crippen molar-refractivity contribution in [2.45, 2.75) is 20.4 Å². The molecule has 2 aromatic rings. The Hall–Kier alpha value is -1.90. The Kier molecular flexibility index (Phi) is 6.21. The smallest absolute Gasteiger partial charge is 0.273 e. The number of nitrogens with two attached hydrogens (primary N) is 1. The van der Waals surface area contributed by atoms with Gasteiger partial charge < -0.3 is 20.0 Å². The molecule has 2 N–H and O–H groups in total. The number of hydrogen-bond acceptors (Lipinski definition) is 6. The normalized spacial score (nSPS) is 14.4. The lowest BCUT2D eigenvalue weighted by Gasteiger charge is -2.34. The van der Waals surface area contributed by atoms with Gasteiger partial charge in [0.1, 0.15) is 22.2 Å². The van der Waals surface area contributed by atoms with Gasteiger partial charge in [0, 0.05) is 38.1 Å². The van der Waals surface area contributed by atoms with E-state index in [1.54, 1.807) is 28.2 Å². The molecule has 1 saturated heterocycles. The van der Waals surface area contributed by atoms with Gasteiger partial charge in [-0.2, -0.15) is 0 Å². The molecular weight excluding hydrogens is 364 g/mol. The number of halogens is 1. The molecule has 2 amide bonds. The molecule has 1 fully saturated rings. The highest BCUT2D eigenvalue weighted by atomic mass is 35.5. The number of amides is 2. The van der Waals surface area contributed by atoms with Crippen molar-refractivity contribution in [1.29, 1.82) is 0 Å². The zero-order chi connectivity index (χ0) is 17.3. The quantitative estimate of drug-likeness (QED) is 0.871. The number of rotatable bonds is 3. The van der Waals surface area contributed by atoms with Crippen LogP contribution in [0.1, 0.15) is 37.4 Å². The molecule has 0 bridgehead atoms. The summed E-state index contributed by atoms with van der Waals surface area (Å²) in [4.78, 5) is 32.7. The molecule has 0 saturated carbocycles. The van der Waals surface area contributed by atoms with Crippen molar-refractivity contribution in [3.63, 3.8) is 0 Å². The zero-order valence-electron chi connectivity index (χ0n) is 14.2. The molecule has 0 radical (unpaired) electrons. The van der Waals surface area contributed by atoms with E-state index in [1.807, 2.05) is 6.92 Å². The molecule has 1 aliphatic heterocycles. The maximum atomic E-state index is 12.6. The summed E-state index contributed by atoms with van der Waals surface area (Å²) in [6.07, 6.45) is 0. The molecule has 0 aromatic carbocycles. The molecule has 0 aliphatic carbocycles. The average molecular weight is 385 g/mol. The Morgan fingerprint density at radius 1 is 1.20 bits per heavy atom. The SMILES string of the molecule is Cc1cc(C(=O)N2CCN(C(=O)c3csc(CN)n3)CC2)c(C)o1.Cl.